The molecule has 112 valence electrons. The molecule has 1 aliphatic rings. The number of rotatable bonds is 3. The second-order valence-electron chi connectivity index (χ2n) is 5.35. The summed E-state index contributed by atoms with van der Waals surface area (Å²) < 4.78 is 27.6. The molecular weight excluding hydrogens is 352 g/mol. The molecule has 6 heteroatoms. The van der Waals surface area contributed by atoms with E-state index in [1.165, 1.54) is 0 Å². The normalized spacial score (nSPS) is 20.2. The van der Waals surface area contributed by atoms with Gasteiger partial charge in [-0.3, -0.25) is 4.98 Å². The van der Waals surface area contributed by atoms with Crippen LogP contribution in [0.15, 0.2) is 35.4 Å². The molecule has 2 aromatic rings. The Morgan fingerprint density at radius 3 is 2.95 bits per heavy atom. The Hall–Kier alpha value is -0.980. The topological polar surface area (TPSA) is 50.3 Å². The second-order valence-corrected chi connectivity index (χ2v) is 7.85. The molecule has 0 amide bonds. The molecular formula is C15H17BrN2O2S. The molecule has 21 heavy (non-hydrogen) atoms. The Balaban J connectivity index is 2.18. The highest BCUT2D eigenvalue weighted by atomic mass is 79.9. The number of hydrogen-bond donors (Lipinski definition) is 0. The maximum Gasteiger partial charge on any atom is 0.244 e. The third-order valence-electron chi connectivity index (χ3n) is 4.02. The van der Waals surface area contributed by atoms with Gasteiger partial charge in [-0.25, -0.2) is 8.42 Å². The van der Waals surface area contributed by atoms with Crippen LogP contribution in [-0.2, 0) is 10.0 Å². The van der Waals surface area contributed by atoms with Crippen molar-refractivity contribution in [3.05, 3.63) is 36.0 Å². The summed E-state index contributed by atoms with van der Waals surface area (Å²) in [5, 5.41) is 1.38. The predicted octanol–water partition coefficient (Wildman–Crippen LogP) is 3.09. The molecule has 0 spiro atoms. The molecule has 1 atom stereocenters. The summed E-state index contributed by atoms with van der Waals surface area (Å²) in [6.45, 7) is 2.54. The maximum atomic E-state index is 13.0. The van der Waals surface area contributed by atoms with E-state index in [0.29, 0.717) is 22.2 Å². The first kappa shape index (κ1) is 14.9. The van der Waals surface area contributed by atoms with Crippen molar-refractivity contribution >= 4 is 36.9 Å². The average molecular weight is 369 g/mol. The summed E-state index contributed by atoms with van der Waals surface area (Å²) in [4.78, 5) is 4.69. The zero-order valence-corrected chi connectivity index (χ0v) is 14.2. The Labute approximate surface area is 133 Å². The lowest BCUT2D eigenvalue weighted by Gasteiger charge is -2.23. The number of alkyl halides is 1. The van der Waals surface area contributed by atoms with E-state index in [0.717, 1.165) is 23.9 Å². The molecule has 0 saturated carbocycles. The molecule has 0 N–H and O–H groups in total. The molecule has 0 bridgehead atoms. The van der Waals surface area contributed by atoms with E-state index in [1.807, 2.05) is 19.1 Å². The first-order valence-electron chi connectivity index (χ1n) is 6.98. The van der Waals surface area contributed by atoms with Crippen LogP contribution in [0.5, 0.6) is 0 Å². The number of aryl methyl sites for hydroxylation is 1. The van der Waals surface area contributed by atoms with Crippen molar-refractivity contribution in [1.82, 2.24) is 9.29 Å². The first-order valence-corrected chi connectivity index (χ1v) is 9.54. The van der Waals surface area contributed by atoms with Crippen molar-refractivity contribution in [2.24, 2.45) is 0 Å². The number of pyridine rings is 1. The molecule has 0 aliphatic carbocycles. The number of sulfonamides is 1. The quantitative estimate of drug-likeness (QED) is 0.782. The van der Waals surface area contributed by atoms with Gasteiger partial charge in [0, 0.05) is 29.5 Å². The summed E-state index contributed by atoms with van der Waals surface area (Å²) in [5.74, 6) is 0. The highest BCUT2D eigenvalue weighted by Gasteiger charge is 2.35. The molecule has 1 fully saturated rings. The molecule has 1 aromatic heterocycles. The molecule has 3 rings (SSSR count). The summed E-state index contributed by atoms with van der Waals surface area (Å²) in [7, 11) is -3.48. The molecule has 1 aliphatic heterocycles. The van der Waals surface area contributed by atoms with E-state index >= 15 is 0 Å². The highest BCUT2D eigenvalue weighted by Crippen LogP contribution is 2.31. The lowest BCUT2D eigenvalue weighted by Crippen LogP contribution is -2.36. The van der Waals surface area contributed by atoms with Gasteiger partial charge >= 0.3 is 0 Å². The van der Waals surface area contributed by atoms with E-state index in [2.05, 4.69) is 20.9 Å². The van der Waals surface area contributed by atoms with E-state index < -0.39 is 10.0 Å². The van der Waals surface area contributed by atoms with Gasteiger partial charge in [-0.05, 0) is 43.5 Å². The first-order chi connectivity index (χ1) is 10.1. The van der Waals surface area contributed by atoms with E-state index in [4.69, 9.17) is 0 Å². The monoisotopic (exact) mass is 368 g/mol. The van der Waals surface area contributed by atoms with Gasteiger partial charge in [0.25, 0.3) is 0 Å². The van der Waals surface area contributed by atoms with E-state index in [9.17, 15) is 8.42 Å². The fraction of sp³-hybridized carbons (Fsp3) is 0.400. The maximum absolute atomic E-state index is 13.0. The van der Waals surface area contributed by atoms with Gasteiger partial charge in [0.05, 0.1) is 10.4 Å². The van der Waals surface area contributed by atoms with Gasteiger partial charge in [-0.15, -0.1) is 0 Å². The van der Waals surface area contributed by atoms with Crippen LogP contribution in [0.25, 0.3) is 10.9 Å². The third kappa shape index (κ3) is 2.49. The van der Waals surface area contributed by atoms with Gasteiger partial charge in [0.1, 0.15) is 0 Å². The highest BCUT2D eigenvalue weighted by molar-refractivity contribution is 9.09. The third-order valence-corrected chi connectivity index (χ3v) is 6.78. The molecule has 4 nitrogen and oxygen atoms in total. The minimum absolute atomic E-state index is 0.0445. The molecule has 1 saturated heterocycles. The summed E-state index contributed by atoms with van der Waals surface area (Å²) in [6.07, 6.45) is 3.52. The molecule has 0 radical (unpaired) electrons. The largest absolute Gasteiger partial charge is 0.256 e. The zero-order chi connectivity index (χ0) is 15.0. The van der Waals surface area contributed by atoms with Crippen molar-refractivity contribution < 1.29 is 8.42 Å². The van der Waals surface area contributed by atoms with Gasteiger partial charge in [-0.2, -0.15) is 4.31 Å². The fourth-order valence-corrected chi connectivity index (χ4v) is 5.66. The summed E-state index contributed by atoms with van der Waals surface area (Å²) in [5.41, 5.74) is 1.75. The summed E-state index contributed by atoms with van der Waals surface area (Å²) >= 11 is 3.42. The van der Waals surface area contributed by atoms with Gasteiger partial charge in [-0.1, -0.05) is 22.0 Å². The Kier molecular flexibility index (Phi) is 4.03. The number of fused-ring (bicyclic) bond motifs is 1. The van der Waals surface area contributed by atoms with Crippen LogP contribution in [0.3, 0.4) is 0 Å². The minimum Gasteiger partial charge on any atom is -0.256 e. The number of nitrogens with zero attached hydrogens (tertiary/aromatic N) is 2. The van der Waals surface area contributed by atoms with Gasteiger partial charge in [0.15, 0.2) is 0 Å². The SMILES string of the molecule is Cc1ccc(S(=O)(=O)N2CCCC2CBr)c2cccnc12. The van der Waals surface area contributed by atoms with Crippen molar-refractivity contribution in [3.63, 3.8) is 0 Å². The van der Waals surface area contributed by atoms with Crippen molar-refractivity contribution in [3.8, 4) is 0 Å². The van der Waals surface area contributed by atoms with Gasteiger partial charge in [0.2, 0.25) is 10.0 Å². The van der Waals surface area contributed by atoms with Crippen LogP contribution in [-0.4, -0.2) is 35.6 Å². The van der Waals surface area contributed by atoms with E-state index in [1.54, 1.807) is 22.6 Å². The predicted molar refractivity (Wildman–Crippen MR) is 87.2 cm³/mol. The number of aromatic nitrogens is 1. The van der Waals surface area contributed by atoms with Crippen LogP contribution in [0.1, 0.15) is 18.4 Å². The zero-order valence-electron chi connectivity index (χ0n) is 11.8. The van der Waals surface area contributed by atoms with Crippen molar-refractivity contribution in [2.45, 2.75) is 30.7 Å². The van der Waals surface area contributed by atoms with Crippen LogP contribution in [0.2, 0.25) is 0 Å². The summed E-state index contributed by atoms with van der Waals surface area (Å²) in [6, 6.07) is 7.21. The van der Waals surface area contributed by atoms with Crippen LogP contribution < -0.4 is 0 Å². The number of benzene rings is 1. The van der Waals surface area contributed by atoms with E-state index in [-0.39, 0.29) is 6.04 Å². The van der Waals surface area contributed by atoms with Crippen LogP contribution in [0.4, 0.5) is 0 Å². The van der Waals surface area contributed by atoms with Crippen LogP contribution >= 0.6 is 15.9 Å². The van der Waals surface area contributed by atoms with Crippen molar-refractivity contribution in [2.75, 3.05) is 11.9 Å². The Morgan fingerprint density at radius 2 is 2.19 bits per heavy atom. The Morgan fingerprint density at radius 1 is 1.38 bits per heavy atom. The molecule has 1 aromatic carbocycles. The Bertz CT molecular complexity index is 776. The molecule has 2 heterocycles. The standard InChI is InChI=1S/C15H17BrN2O2S/c1-11-6-7-14(13-5-2-8-17-15(11)13)21(19,20)18-9-3-4-12(18)10-16/h2,5-8,12H,3-4,9-10H2,1H3. The van der Waals surface area contributed by atoms with Gasteiger partial charge < -0.3 is 0 Å². The lowest BCUT2D eigenvalue weighted by molar-refractivity contribution is 0.414. The average Bonchev–Trinajstić information content (AvgIpc) is 2.97. The molecule has 1 unspecified atom stereocenters. The lowest BCUT2D eigenvalue weighted by atomic mass is 10.1. The number of halogens is 1. The second kappa shape index (κ2) is 5.66. The van der Waals surface area contributed by atoms with Crippen molar-refractivity contribution in [1.29, 1.82) is 0 Å². The number of hydrogen-bond acceptors (Lipinski definition) is 3. The smallest absolute Gasteiger partial charge is 0.244 e. The minimum atomic E-state index is -3.48. The fourth-order valence-electron chi connectivity index (χ4n) is 2.92. The van der Waals surface area contributed by atoms with Crippen LogP contribution in [0, 0.1) is 6.92 Å².